The van der Waals surface area contributed by atoms with E-state index in [1.807, 2.05) is 18.2 Å². The molecule has 0 fully saturated rings. The van der Waals surface area contributed by atoms with Gasteiger partial charge in [-0.2, -0.15) is 10.5 Å². The normalized spacial score (nSPS) is 11.5. The van der Waals surface area contributed by atoms with E-state index in [1.165, 1.54) is 0 Å². The number of rotatable bonds is 5. The van der Waals surface area contributed by atoms with Gasteiger partial charge >= 0.3 is 0 Å². The Hall–Kier alpha value is -2.33. The smallest absolute Gasteiger partial charge is 0.163 e. The summed E-state index contributed by atoms with van der Waals surface area (Å²) in [6, 6.07) is 17.5. The molecule has 114 valence electrons. The number of nitriles is 2. The van der Waals surface area contributed by atoms with E-state index in [0.29, 0.717) is 21.2 Å². The SMILES string of the molecule is N#CC(C#N)[C@H](CC(=O)c1ccccc1)c1c(Cl)cccc1Cl. The van der Waals surface area contributed by atoms with Crippen LogP contribution in [0.2, 0.25) is 10.0 Å². The van der Waals surface area contributed by atoms with Crippen LogP contribution in [0.5, 0.6) is 0 Å². The van der Waals surface area contributed by atoms with E-state index >= 15 is 0 Å². The summed E-state index contributed by atoms with van der Waals surface area (Å²) in [5.74, 6) is -1.86. The maximum absolute atomic E-state index is 12.5. The fourth-order valence-corrected chi connectivity index (χ4v) is 3.08. The highest BCUT2D eigenvalue weighted by Crippen LogP contribution is 2.38. The fourth-order valence-electron chi connectivity index (χ4n) is 2.40. The van der Waals surface area contributed by atoms with E-state index in [2.05, 4.69) is 0 Å². The van der Waals surface area contributed by atoms with Gasteiger partial charge in [-0.25, -0.2) is 0 Å². The first-order valence-electron chi connectivity index (χ1n) is 6.90. The zero-order valence-corrected chi connectivity index (χ0v) is 13.6. The van der Waals surface area contributed by atoms with E-state index in [0.717, 1.165) is 0 Å². The second-order valence-electron chi connectivity index (χ2n) is 4.97. The minimum atomic E-state index is -1.01. The summed E-state index contributed by atoms with van der Waals surface area (Å²) in [6.45, 7) is 0. The number of carbonyl (C=O) groups excluding carboxylic acids is 1. The average molecular weight is 343 g/mol. The summed E-state index contributed by atoms with van der Waals surface area (Å²) < 4.78 is 0. The molecule has 2 aromatic carbocycles. The molecule has 1 atom stereocenters. The molecule has 23 heavy (non-hydrogen) atoms. The van der Waals surface area contributed by atoms with Crippen molar-refractivity contribution in [2.24, 2.45) is 5.92 Å². The van der Waals surface area contributed by atoms with Gasteiger partial charge in [0.25, 0.3) is 0 Å². The van der Waals surface area contributed by atoms with Crippen molar-refractivity contribution in [2.45, 2.75) is 12.3 Å². The molecule has 0 saturated carbocycles. The van der Waals surface area contributed by atoms with Gasteiger partial charge in [0.15, 0.2) is 5.78 Å². The summed E-state index contributed by atoms with van der Waals surface area (Å²) in [5, 5.41) is 19.2. The Kier molecular flexibility index (Phi) is 5.77. The van der Waals surface area contributed by atoms with Crippen LogP contribution in [-0.4, -0.2) is 5.78 Å². The lowest BCUT2D eigenvalue weighted by atomic mass is 9.82. The Labute approximate surface area is 144 Å². The maximum Gasteiger partial charge on any atom is 0.163 e. The van der Waals surface area contributed by atoms with Gasteiger partial charge in [-0.15, -0.1) is 0 Å². The minimum Gasteiger partial charge on any atom is -0.294 e. The maximum atomic E-state index is 12.5. The molecule has 0 aliphatic rings. The summed E-state index contributed by atoms with van der Waals surface area (Å²) in [6.07, 6.45) is -0.0146. The summed E-state index contributed by atoms with van der Waals surface area (Å²) in [7, 11) is 0. The molecule has 2 aromatic rings. The Morgan fingerprint density at radius 2 is 1.52 bits per heavy atom. The largest absolute Gasteiger partial charge is 0.294 e. The number of hydrogen-bond donors (Lipinski definition) is 0. The van der Waals surface area contributed by atoms with E-state index in [1.54, 1.807) is 42.5 Å². The van der Waals surface area contributed by atoms with Crippen LogP contribution in [0.3, 0.4) is 0 Å². The van der Waals surface area contributed by atoms with E-state index in [4.69, 9.17) is 23.2 Å². The van der Waals surface area contributed by atoms with Gasteiger partial charge in [0.2, 0.25) is 0 Å². The van der Waals surface area contributed by atoms with Gasteiger partial charge < -0.3 is 0 Å². The van der Waals surface area contributed by atoms with E-state index < -0.39 is 11.8 Å². The lowest BCUT2D eigenvalue weighted by molar-refractivity contribution is 0.0971. The highest BCUT2D eigenvalue weighted by molar-refractivity contribution is 6.36. The van der Waals surface area contributed by atoms with Crippen molar-refractivity contribution in [1.29, 1.82) is 10.5 Å². The van der Waals surface area contributed by atoms with Crippen molar-refractivity contribution in [3.8, 4) is 12.1 Å². The van der Waals surface area contributed by atoms with Crippen molar-refractivity contribution in [3.05, 3.63) is 69.7 Å². The summed E-state index contributed by atoms with van der Waals surface area (Å²) in [5.41, 5.74) is 0.989. The monoisotopic (exact) mass is 342 g/mol. The first kappa shape index (κ1) is 17.0. The van der Waals surface area contributed by atoms with Crippen LogP contribution in [0, 0.1) is 28.6 Å². The number of carbonyl (C=O) groups is 1. The van der Waals surface area contributed by atoms with Crippen LogP contribution in [0.4, 0.5) is 0 Å². The molecule has 0 aliphatic heterocycles. The molecule has 0 N–H and O–H groups in total. The minimum absolute atomic E-state index is 0.0146. The lowest BCUT2D eigenvalue weighted by Gasteiger charge is -2.20. The molecule has 2 rings (SSSR count). The van der Waals surface area contributed by atoms with Crippen molar-refractivity contribution in [3.63, 3.8) is 0 Å². The second kappa shape index (κ2) is 7.79. The third-order valence-electron chi connectivity index (χ3n) is 3.55. The van der Waals surface area contributed by atoms with Crippen LogP contribution >= 0.6 is 23.2 Å². The Morgan fingerprint density at radius 1 is 0.957 bits per heavy atom. The lowest BCUT2D eigenvalue weighted by Crippen LogP contribution is -2.16. The topological polar surface area (TPSA) is 64.7 Å². The number of Topliss-reactive ketones (excluding diaryl/α,β-unsaturated/α-hetero) is 1. The van der Waals surface area contributed by atoms with Crippen LogP contribution in [0.15, 0.2) is 48.5 Å². The van der Waals surface area contributed by atoms with Crippen molar-refractivity contribution in [2.75, 3.05) is 0 Å². The molecular weight excluding hydrogens is 331 g/mol. The van der Waals surface area contributed by atoms with E-state index in [-0.39, 0.29) is 12.2 Å². The molecule has 5 heteroatoms. The fraction of sp³-hybridized carbons (Fsp3) is 0.167. The molecule has 0 saturated heterocycles. The van der Waals surface area contributed by atoms with Crippen molar-refractivity contribution < 1.29 is 4.79 Å². The zero-order valence-electron chi connectivity index (χ0n) is 12.0. The third kappa shape index (κ3) is 3.90. The van der Waals surface area contributed by atoms with Gasteiger partial charge in [-0.05, 0) is 17.7 Å². The van der Waals surface area contributed by atoms with Crippen LogP contribution in [0.25, 0.3) is 0 Å². The number of ketones is 1. The number of halogens is 2. The van der Waals surface area contributed by atoms with Gasteiger partial charge in [-0.3, -0.25) is 4.79 Å². The summed E-state index contributed by atoms with van der Waals surface area (Å²) >= 11 is 12.4. The first-order valence-corrected chi connectivity index (χ1v) is 7.65. The molecular formula is C18H12Cl2N2O. The number of benzene rings is 2. The van der Waals surface area contributed by atoms with Gasteiger partial charge in [-0.1, -0.05) is 59.6 Å². The molecule has 3 nitrogen and oxygen atoms in total. The molecule has 0 radical (unpaired) electrons. The first-order chi connectivity index (χ1) is 11.1. The number of hydrogen-bond acceptors (Lipinski definition) is 3. The Balaban J connectivity index is 2.43. The van der Waals surface area contributed by atoms with Crippen LogP contribution in [-0.2, 0) is 0 Å². The molecule has 0 spiro atoms. The highest BCUT2D eigenvalue weighted by Gasteiger charge is 2.29. The van der Waals surface area contributed by atoms with Crippen LogP contribution in [0.1, 0.15) is 28.3 Å². The van der Waals surface area contributed by atoms with Crippen molar-refractivity contribution >= 4 is 29.0 Å². The third-order valence-corrected chi connectivity index (χ3v) is 4.21. The van der Waals surface area contributed by atoms with Crippen molar-refractivity contribution in [1.82, 2.24) is 0 Å². The zero-order chi connectivity index (χ0) is 16.8. The van der Waals surface area contributed by atoms with Crippen LogP contribution < -0.4 is 0 Å². The molecule has 0 amide bonds. The van der Waals surface area contributed by atoms with Gasteiger partial charge in [0.1, 0.15) is 5.92 Å². The summed E-state index contributed by atoms with van der Waals surface area (Å²) in [4.78, 5) is 12.5. The predicted molar refractivity (Wildman–Crippen MR) is 89.3 cm³/mol. The molecule has 0 heterocycles. The van der Waals surface area contributed by atoms with Gasteiger partial charge in [0, 0.05) is 27.9 Å². The Morgan fingerprint density at radius 3 is 2.04 bits per heavy atom. The van der Waals surface area contributed by atoms with E-state index in [9.17, 15) is 15.3 Å². The number of nitrogens with zero attached hydrogens (tertiary/aromatic N) is 2. The predicted octanol–water partition coefficient (Wildman–Crippen LogP) is 5.01. The standard InChI is InChI=1S/C18H12Cl2N2O/c19-15-7-4-8-16(20)18(15)14(13(10-21)11-22)9-17(23)12-5-2-1-3-6-12/h1-8,13-14H,9H2/t14-/m0/s1. The second-order valence-corrected chi connectivity index (χ2v) is 5.79. The Bertz CT molecular complexity index is 757. The molecule has 0 aliphatic carbocycles. The van der Waals surface area contributed by atoms with Gasteiger partial charge in [0.05, 0.1) is 12.1 Å². The molecule has 0 unspecified atom stereocenters. The highest BCUT2D eigenvalue weighted by atomic mass is 35.5. The molecule has 0 aromatic heterocycles. The average Bonchev–Trinajstić information content (AvgIpc) is 2.56. The molecule has 0 bridgehead atoms. The quantitative estimate of drug-likeness (QED) is 0.717.